The summed E-state index contributed by atoms with van der Waals surface area (Å²) in [4.78, 5) is 40.8. The number of hydrogen-bond donors (Lipinski definition) is 6. The summed E-state index contributed by atoms with van der Waals surface area (Å²) in [6, 6.07) is 11.2. The second-order valence-corrected chi connectivity index (χ2v) is 12.9. The lowest BCUT2D eigenvalue weighted by Crippen LogP contribution is -2.24. The number of hydrogen-bond acceptors (Lipinski definition) is 7. The number of amides is 1. The van der Waals surface area contributed by atoms with Gasteiger partial charge in [0.2, 0.25) is 5.95 Å². The van der Waals surface area contributed by atoms with E-state index in [0.29, 0.717) is 30.3 Å². The van der Waals surface area contributed by atoms with E-state index in [1.165, 1.54) is 7.05 Å². The van der Waals surface area contributed by atoms with Gasteiger partial charge in [0.25, 0.3) is 5.91 Å². The first-order chi connectivity index (χ1) is 20.7. The molecule has 44 heavy (non-hydrogen) atoms. The van der Waals surface area contributed by atoms with Crippen LogP contribution in [0.15, 0.2) is 48.7 Å². The minimum absolute atomic E-state index is 0.115. The predicted octanol–water partition coefficient (Wildman–Crippen LogP) is 6.55. The molecular formula is C30H37F3N5O5P. The summed E-state index contributed by atoms with van der Waals surface area (Å²) in [5.74, 6) is -1.11. The summed E-state index contributed by atoms with van der Waals surface area (Å²) in [6.45, 7) is 3.40. The molecule has 3 aromatic rings. The molecule has 0 aliphatic heterocycles. The molecule has 1 heterocycles. The number of benzene rings is 2. The van der Waals surface area contributed by atoms with Gasteiger partial charge < -0.3 is 30.8 Å². The van der Waals surface area contributed by atoms with E-state index >= 15 is 0 Å². The van der Waals surface area contributed by atoms with Crippen molar-refractivity contribution in [3.8, 4) is 0 Å². The second-order valence-electron chi connectivity index (χ2n) is 11.0. The fourth-order valence-corrected chi connectivity index (χ4v) is 7.07. The van der Waals surface area contributed by atoms with Crippen LogP contribution in [-0.4, -0.2) is 43.9 Å². The van der Waals surface area contributed by atoms with Gasteiger partial charge in [-0.1, -0.05) is 32.0 Å². The number of aromatic nitrogens is 2. The Morgan fingerprint density at radius 3 is 2.18 bits per heavy atom. The number of carbonyl (C=O) groups is 1. The van der Waals surface area contributed by atoms with Crippen molar-refractivity contribution in [3.63, 3.8) is 0 Å². The number of aliphatic hydroxyl groups is 1. The third kappa shape index (κ3) is 7.07. The molecule has 0 radical (unpaired) electrons. The summed E-state index contributed by atoms with van der Waals surface area (Å²) >= 11 is 0. The number of halogens is 3. The summed E-state index contributed by atoms with van der Waals surface area (Å²) in [5, 5.41) is 16.6. The Bertz CT molecular complexity index is 1520. The normalized spacial score (nSPS) is 17.7. The van der Waals surface area contributed by atoms with E-state index in [-0.39, 0.29) is 42.1 Å². The molecule has 0 atom stereocenters. The van der Waals surface area contributed by atoms with Gasteiger partial charge in [0.05, 0.1) is 22.5 Å². The van der Waals surface area contributed by atoms with Gasteiger partial charge in [0.1, 0.15) is 11.4 Å². The van der Waals surface area contributed by atoms with E-state index in [0.717, 1.165) is 18.4 Å². The van der Waals surface area contributed by atoms with Crippen LogP contribution in [0.1, 0.15) is 85.3 Å². The third-order valence-electron chi connectivity index (χ3n) is 8.44. The van der Waals surface area contributed by atoms with E-state index in [9.17, 15) is 37.4 Å². The van der Waals surface area contributed by atoms with Crippen LogP contribution >= 0.6 is 7.60 Å². The quantitative estimate of drug-likeness (QED) is 0.136. The predicted molar refractivity (Wildman–Crippen MR) is 161 cm³/mol. The molecule has 4 rings (SSSR count). The molecule has 0 bridgehead atoms. The first kappa shape index (κ1) is 33.4. The highest BCUT2D eigenvalue weighted by molar-refractivity contribution is 7.53. The molecule has 0 saturated heterocycles. The average Bonchev–Trinajstić information content (AvgIpc) is 2.98. The molecule has 1 aliphatic rings. The van der Waals surface area contributed by atoms with Gasteiger partial charge in [-0.2, -0.15) is 18.2 Å². The van der Waals surface area contributed by atoms with Crippen LogP contribution < -0.4 is 16.0 Å². The van der Waals surface area contributed by atoms with Crippen molar-refractivity contribution < 1.29 is 37.4 Å². The zero-order valence-corrected chi connectivity index (χ0v) is 25.5. The van der Waals surface area contributed by atoms with Gasteiger partial charge in [-0.3, -0.25) is 9.36 Å². The van der Waals surface area contributed by atoms with Crippen molar-refractivity contribution in [1.29, 1.82) is 0 Å². The molecule has 14 heteroatoms. The van der Waals surface area contributed by atoms with E-state index in [1.807, 2.05) is 0 Å². The molecule has 1 amide bonds. The number of rotatable bonds is 10. The molecular weight excluding hydrogens is 598 g/mol. The smallest absolute Gasteiger partial charge is 0.393 e. The summed E-state index contributed by atoms with van der Waals surface area (Å²) in [7, 11) is -3.07. The molecule has 1 aliphatic carbocycles. The topological polar surface area (TPSA) is 157 Å². The third-order valence-corrected chi connectivity index (χ3v) is 10.4. The summed E-state index contributed by atoms with van der Waals surface area (Å²) in [5.41, 5.74) is 0.819. The van der Waals surface area contributed by atoms with Gasteiger partial charge >= 0.3 is 13.8 Å². The zero-order valence-electron chi connectivity index (χ0n) is 24.6. The van der Waals surface area contributed by atoms with Gasteiger partial charge in [-0.25, -0.2) is 4.98 Å². The first-order valence-electron chi connectivity index (χ1n) is 14.4. The number of alkyl halides is 3. The Labute approximate surface area is 253 Å². The van der Waals surface area contributed by atoms with Crippen molar-refractivity contribution in [2.45, 2.75) is 75.7 Å². The Morgan fingerprint density at radius 1 is 1.00 bits per heavy atom. The summed E-state index contributed by atoms with van der Waals surface area (Å²) < 4.78 is 54.3. The van der Waals surface area contributed by atoms with Gasteiger partial charge in [0.15, 0.2) is 0 Å². The Balaban J connectivity index is 1.66. The molecule has 0 spiro atoms. The van der Waals surface area contributed by atoms with Crippen molar-refractivity contribution in [1.82, 2.24) is 15.3 Å². The lowest BCUT2D eigenvalue weighted by molar-refractivity contribution is -0.137. The van der Waals surface area contributed by atoms with E-state index in [2.05, 4.69) is 25.9 Å². The number of anilines is 4. The first-order valence-corrected chi connectivity index (χ1v) is 16.0. The molecule has 238 valence electrons. The molecule has 1 aromatic heterocycles. The van der Waals surface area contributed by atoms with Crippen molar-refractivity contribution in [2.75, 3.05) is 17.7 Å². The highest BCUT2D eigenvalue weighted by Crippen LogP contribution is 2.61. The largest absolute Gasteiger partial charge is 0.421 e. The number of nitrogens with zero attached hydrogens (tertiary/aromatic N) is 2. The fraction of sp³-hybridized carbons (Fsp3) is 0.433. The monoisotopic (exact) mass is 635 g/mol. The van der Waals surface area contributed by atoms with Gasteiger partial charge in [-0.15, -0.1) is 0 Å². The molecule has 0 unspecified atom stereocenters. The van der Waals surface area contributed by atoms with Crippen LogP contribution in [0.25, 0.3) is 0 Å². The minimum atomic E-state index is -4.80. The molecule has 10 nitrogen and oxygen atoms in total. The lowest BCUT2D eigenvalue weighted by atomic mass is 9.82. The summed E-state index contributed by atoms with van der Waals surface area (Å²) in [6.07, 6.45) is -1.36. The standard InChI is InChI=1S/C30H37F3N5O5P/c1-4-29(5-2,44(41,42)43)20-9-11-21(12-10-20)36-28-35-17-24(30(31,32)33)26(38-28)37-25-15-8-19(16-23(25)27(40)34-3)18-6-13-22(39)14-7-18/h8-12,15-18,22,39H,4-7,13-14H2,1-3H3,(H,34,40)(H2,41,42,43)(H2,35,36,37,38)/t18-,22+. The second kappa shape index (κ2) is 13.2. The minimum Gasteiger partial charge on any atom is -0.393 e. The van der Waals surface area contributed by atoms with Crippen LogP contribution in [0, 0.1) is 0 Å². The van der Waals surface area contributed by atoms with E-state index in [1.54, 1.807) is 56.3 Å². The highest BCUT2D eigenvalue weighted by Gasteiger charge is 2.45. The van der Waals surface area contributed by atoms with E-state index in [4.69, 9.17) is 0 Å². The fourth-order valence-electron chi connectivity index (χ4n) is 5.76. The van der Waals surface area contributed by atoms with Crippen LogP contribution in [0.5, 0.6) is 0 Å². The molecule has 6 N–H and O–H groups in total. The molecule has 2 aromatic carbocycles. The maximum Gasteiger partial charge on any atom is 0.421 e. The van der Waals surface area contributed by atoms with Crippen LogP contribution in [0.3, 0.4) is 0 Å². The molecule has 1 saturated carbocycles. The van der Waals surface area contributed by atoms with Crippen molar-refractivity contribution >= 4 is 36.6 Å². The maximum absolute atomic E-state index is 14.0. The number of aliphatic hydroxyl groups excluding tert-OH is 1. The number of carbonyl (C=O) groups excluding carboxylic acids is 1. The zero-order chi connectivity index (χ0) is 32.3. The van der Waals surface area contributed by atoms with Crippen LogP contribution in [-0.2, 0) is 15.9 Å². The van der Waals surface area contributed by atoms with Crippen LogP contribution in [0.4, 0.5) is 36.3 Å². The van der Waals surface area contributed by atoms with Gasteiger partial charge in [-0.05, 0) is 79.8 Å². The van der Waals surface area contributed by atoms with Crippen molar-refractivity contribution in [2.24, 2.45) is 0 Å². The lowest BCUT2D eigenvalue weighted by Gasteiger charge is -2.33. The van der Waals surface area contributed by atoms with Gasteiger partial charge in [0, 0.05) is 18.9 Å². The Hall–Kier alpha value is -3.51. The molecule has 1 fully saturated rings. The van der Waals surface area contributed by atoms with E-state index < -0.39 is 36.2 Å². The SMILES string of the molecule is CCC(CC)(c1ccc(Nc2ncc(C(F)(F)F)c(Nc3ccc([C@H]4CC[C@@H](O)CC4)cc3C(=O)NC)n2)cc1)P(=O)(O)O. The highest BCUT2D eigenvalue weighted by atomic mass is 31.2. The number of nitrogens with one attached hydrogen (secondary N) is 3. The Kier molecular flexibility index (Phi) is 10.0. The maximum atomic E-state index is 14.0. The Morgan fingerprint density at radius 2 is 1.64 bits per heavy atom. The van der Waals surface area contributed by atoms with Crippen LogP contribution in [0.2, 0.25) is 0 Å². The average molecular weight is 636 g/mol. The van der Waals surface area contributed by atoms with Crippen molar-refractivity contribution in [3.05, 3.63) is 70.9 Å².